The van der Waals surface area contributed by atoms with E-state index in [1.165, 1.54) is 71.1 Å². The topological polar surface area (TPSA) is 102 Å². The Labute approximate surface area is 664 Å². The normalized spacial score (nSPS) is 13.9. The van der Waals surface area contributed by atoms with Crippen molar-refractivity contribution >= 4 is 191 Å². The van der Waals surface area contributed by atoms with Crippen molar-refractivity contribution in [3.05, 3.63) is 334 Å². The summed E-state index contributed by atoms with van der Waals surface area (Å²) in [5, 5.41) is 21.0. The maximum Gasteiger partial charge on any atom is 0.488 e. The number of para-hydroxylation sites is 10. The molecule has 16 heteroatoms. The zero-order valence-electron chi connectivity index (χ0n) is 59.5. The maximum absolute atomic E-state index is 9.35. The summed E-state index contributed by atoms with van der Waals surface area (Å²) in [7, 11) is -1.45. The number of nitrogens with zero attached hydrogens (tertiary/aromatic N) is 7. The van der Waals surface area contributed by atoms with Gasteiger partial charge in [0.05, 0.1) is 56.2 Å². The fraction of sp³-hybridized carbons (Fsp3) is 0.0989. The van der Waals surface area contributed by atoms with E-state index in [9.17, 15) is 10.0 Å². The van der Waals surface area contributed by atoms with E-state index in [-0.39, 0.29) is 47.2 Å². The monoisotopic (exact) mass is 1740 g/mol. The van der Waals surface area contributed by atoms with Crippen LogP contribution >= 0.6 is 64.4 Å². The molecule has 0 bridgehead atoms. The maximum atomic E-state index is 9.35. The molecule has 0 spiro atoms. The smallest absolute Gasteiger partial charge is 0.423 e. The molecule has 9 nitrogen and oxygen atoms in total. The van der Waals surface area contributed by atoms with Gasteiger partial charge in [0.1, 0.15) is 20.7 Å². The van der Waals surface area contributed by atoms with Gasteiger partial charge in [0.2, 0.25) is 0 Å². The minimum absolute atomic E-state index is 0. The molecule has 3 aliphatic rings. The third kappa shape index (κ3) is 12.3. The van der Waals surface area contributed by atoms with E-state index >= 15 is 0 Å². The number of hydrogen-bond acceptors (Lipinski definition) is 11. The Bertz CT molecular complexity index is 6180. The van der Waals surface area contributed by atoms with Gasteiger partial charge in [-0.15, -0.1) is 22.7 Å². The first kappa shape index (κ1) is 71.7. The molecule has 0 amide bonds. The van der Waals surface area contributed by atoms with Crippen molar-refractivity contribution in [2.24, 2.45) is 0 Å². The van der Waals surface area contributed by atoms with Crippen LogP contribution in [0.5, 0.6) is 0 Å². The number of thiophene rings is 2. The van der Waals surface area contributed by atoms with Crippen LogP contribution < -0.4 is 20.2 Å². The molecule has 20 rings (SSSR count). The van der Waals surface area contributed by atoms with Crippen LogP contribution in [0.3, 0.4) is 0 Å². The first-order valence-corrected chi connectivity index (χ1v) is 38.4. The third-order valence-electron chi connectivity index (χ3n) is 21.4. The molecule has 0 radical (unpaired) electrons. The standard InChI is InChI=1S/C56H42N4S.C21H20BNO2.C14H6Br2N2S.H3P.W/c1-55(2)42-15-5-11-21-48(42)59(49-22-12-6-16-43(49)55)37-29-25-35(26-30-37)39-33-41-52(61-54-53(41)57-46-19-9-10-20-47(46)58-54)34-40(39)36-27-31-38(32-28-36)60-50-23-13-7-17-44(50)56(3,4)45-18-8-14-24-51(45)60;1-21(2)17-7-3-5-9-19(17)23(20-10-6-4-8-18(20)21)16-13-11-15(12-14-16)22(24)25;15-8-5-7-12(6-9(8)16)19-14-13(7)17-10-3-1-2-4-11(10)18-14;;/h5-34H,1-4H3;3-14,24-25H,1-2H3;1-6H;1H3;. The van der Waals surface area contributed by atoms with Crippen LogP contribution in [0.15, 0.2) is 300 Å². The molecule has 7 heterocycles. The average Bonchev–Trinajstić information content (AvgIpc) is 1.63. The van der Waals surface area contributed by atoms with Crippen molar-refractivity contribution in [1.29, 1.82) is 0 Å². The van der Waals surface area contributed by atoms with Gasteiger partial charge < -0.3 is 24.7 Å². The fourth-order valence-electron chi connectivity index (χ4n) is 16.0. The van der Waals surface area contributed by atoms with Crippen LogP contribution in [0.25, 0.3) is 85.2 Å². The van der Waals surface area contributed by atoms with Crippen LogP contribution in [-0.4, -0.2) is 37.1 Å². The van der Waals surface area contributed by atoms with Crippen molar-refractivity contribution in [1.82, 2.24) is 19.9 Å². The van der Waals surface area contributed by atoms with Crippen LogP contribution in [0.4, 0.5) is 51.2 Å². The third-order valence-corrected chi connectivity index (χ3v) is 25.3. The Kier molecular flexibility index (Phi) is 18.9. The number of benzene rings is 13. The number of aromatic nitrogens is 4. The molecule has 17 aromatic rings. The van der Waals surface area contributed by atoms with Gasteiger partial charge in [-0.25, -0.2) is 19.9 Å². The van der Waals surface area contributed by atoms with Crippen LogP contribution in [0, 0.1) is 0 Å². The van der Waals surface area contributed by atoms with Gasteiger partial charge in [0.15, 0.2) is 0 Å². The summed E-state index contributed by atoms with van der Waals surface area (Å²) < 4.78 is 4.46. The average molecular weight is 1740 g/mol. The SMILES string of the molecule is Brc1cc2sc3nc4ccccc4nc3c2cc1Br.CC1(C)c2ccccc2N(c2ccc(-c3cc4sc5nc6ccccc6nc5c4cc3-c3ccc(N4c5ccccc5C(C)(C)c5ccccc54)cc3)cc2)c2ccccc21.CC1(C)c2ccccc2N(c2ccc(B(O)O)cc2)c2ccccc21.P.[W]. The summed E-state index contributed by atoms with van der Waals surface area (Å²) in [6.07, 6.45) is 0. The zero-order valence-corrected chi connectivity index (χ0v) is 68.7. The Hall–Kier alpha value is -9.56. The van der Waals surface area contributed by atoms with Crippen molar-refractivity contribution in [3.63, 3.8) is 0 Å². The van der Waals surface area contributed by atoms with Crippen molar-refractivity contribution in [2.75, 3.05) is 14.7 Å². The molecule has 2 N–H and O–H groups in total. The summed E-state index contributed by atoms with van der Waals surface area (Å²) in [6.45, 7) is 13.9. The van der Waals surface area contributed by atoms with Gasteiger partial charge in [-0.2, -0.15) is 9.90 Å². The number of anilines is 9. The second-order valence-corrected chi connectivity index (χ2v) is 32.4. The van der Waals surface area contributed by atoms with Gasteiger partial charge in [-0.1, -0.05) is 211 Å². The number of fused-ring (bicyclic) bond motifs is 14. The largest absolute Gasteiger partial charge is 0.488 e. The number of rotatable bonds is 6. The van der Waals surface area contributed by atoms with Gasteiger partial charge >= 0.3 is 7.12 Å². The second kappa shape index (κ2) is 28.2. The molecule has 1 unspecified atom stereocenters. The van der Waals surface area contributed by atoms with Crippen LogP contribution in [0.2, 0.25) is 0 Å². The number of hydrogen-bond donors (Lipinski definition) is 2. The van der Waals surface area contributed by atoms with E-state index in [0.29, 0.717) is 5.46 Å². The van der Waals surface area contributed by atoms with Crippen molar-refractivity contribution in [3.8, 4) is 22.3 Å². The van der Waals surface area contributed by atoms with Gasteiger partial charge in [-0.3, -0.25) is 0 Å². The predicted molar refractivity (Wildman–Crippen MR) is 459 cm³/mol. The summed E-state index contributed by atoms with van der Waals surface area (Å²) in [5.41, 5.74) is 28.8. The van der Waals surface area contributed by atoms with E-state index in [4.69, 9.17) is 19.9 Å². The fourth-order valence-corrected chi connectivity index (χ4v) is 18.9. The summed E-state index contributed by atoms with van der Waals surface area (Å²) in [6, 6.07) is 103. The van der Waals surface area contributed by atoms with Crippen LogP contribution in [0.1, 0.15) is 74.9 Å². The predicted octanol–water partition coefficient (Wildman–Crippen LogP) is 24.6. The van der Waals surface area contributed by atoms with Gasteiger partial charge in [0, 0.05) is 83.5 Å². The Morgan fingerprint density at radius 3 is 0.935 bits per heavy atom. The quantitative estimate of drug-likeness (QED) is 0.124. The zero-order chi connectivity index (χ0) is 71.6. The van der Waals surface area contributed by atoms with E-state index in [1.807, 2.05) is 54.6 Å². The van der Waals surface area contributed by atoms with Crippen molar-refractivity contribution < 1.29 is 31.1 Å². The molecule has 0 fully saturated rings. The van der Waals surface area contributed by atoms with E-state index in [0.717, 1.165) is 108 Å². The summed E-state index contributed by atoms with van der Waals surface area (Å²) in [5.74, 6) is 0. The molecule has 0 saturated heterocycles. The molecule has 107 heavy (non-hydrogen) atoms. The van der Waals surface area contributed by atoms with Gasteiger partial charge in [-0.05, 0) is 214 Å². The van der Waals surface area contributed by atoms with E-state index in [1.54, 1.807) is 34.8 Å². The molecular formula is C91H71BBr2N7O2PS2W. The summed E-state index contributed by atoms with van der Waals surface area (Å²) >= 11 is 10.5. The minimum Gasteiger partial charge on any atom is -0.423 e. The minimum atomic E-state index is -1.45. The van der Waals surface area contributed by atoms with Crippen LogP contribution in [-0.2, 0) is 37.3 Å². The van der Waals surface area contributed by atoms with Gasteiger partial charge in [0.25, 0.3) is 0 Å². The molecular weight excluding hydrogens is 1670 g/mol. The summed E-state index contributed by atoms with van der Waals surface area (Å²) in [4.78, 5) is 28.7. The van der Waals surface area contributed by atoms with Crippen molar-refractivity contribution in [2.45, 2.75) is 57.8 Å². The second-order valence-electron chi connectivity index (χ2n) is 28.6. The first-order valence-electron chi connectivity index (χ1n) is 35.2. The molecule has 0 saturated carbocycles. The molecule has 0 aliphatic carbocycles. The first-order chi connectivity index (χ1) is 51.0. The van der Waals surface area contributed by atoms with E-state index in [2.05, 4.69) is 313 Å². The number of halogens is 2. The molecule has 4 aromatic heterocycles. The molecule has 13 aromatic carbocycles. The Balaban J connectivity index is 0.000000155. The molecule has 3 aliphatic heterocycles. The Morgan fingerprint density at radius 1 is 0.327 bits per heavy atom. The Morgan fingerprint density at radius 2 is 0.598 bits per heavy atom. The molecule has 522 valence electrons. The molecule has 1 atom stereocenters. The van der Waals surface area contributed by atoms with E-state index < -0.39 is 7.12 Å².